The van der Waals surface area contributed by atoms with Crippen LogP contribution in [0.3, 0.4) is 0 Å². The Morgan fingerprint density at radius 3 is 2.83 bits per heavy atom. The van der Waals surface area contributed by atoms with Gasteiger partial charge in [0.1, 0.15) is 0 Å². The van der Waals surface area contributed by atoms with Crippen LogP contribution in [0.5, 0.6) is 0 Å². The topological polar surface area (TPSA) is 20.3 Å². The first kappa shape index (κ1) is 12.9. The van der Waals surface area contributed by atoms with E-state index >= 15 is 0 Å². The van der Waals surface area contributed by atoms with Gasteiger partial charge in [0.2, 0.25) is 5.91 Å². The monoisotopic (exact) mass is 243 g/mol. The lowest BCUT2D eigenvalue weighted by molar-refractivity contribution is -0.139. The lowest BCUT2D eigenvalue weighted by Crippen LogP contribution is -2.44. The summed E-state index contributed by atoms with van der Waals surface area (Å²) in [4.78, 5) is 14.2. The molecule has 1 heterocycles. The number of amides is 1. The van der Waals surface area contributed by atoms with Gasteiger partial charge < -0.3 is 4.90 Å². The zero-order chi connectivity index (χ0) is 13.0. The highest BCUT2D eigenvalue weighted by Gasteiger charge is 2.31. The molecular weight excluding hydrogens is 222 g/mol. The SMILES string of the molecule is C=CCC1CCCC(=O)N1[C@@H](C)c1ccccc1. The highest BCUT2D eigenvalue weighted by molar-refractivity contribution is 5.77. The summed E-state index contributed by atoms with van der Waals surface area (Å²) in [5.74, 6) is 0.282. The molecule has 0 aromatic heterocycles. The Hall–Kier alpha value is -1.57. The fraction of sp³-hybridized carbons (Fsp3) is 0.438. The third kappa shape index (κ3) is 2.63. The van der Waals surface area contributed by atoms with E-state index in [2.05, 4.69) is 30.5 Å². The van der Waals surface area contributed by atoms with Gasteiger partial charge in [0, 0.05) is 12.5 Å². The second kappa shape index (κ2) is 5.85. The van der Waals surface area contributed by atoms with Gasteiger partial charge in [-0.3, -0.25) is 4.79 Å². The molecule has 0 saturated carbocycles. The van der Waals surface area contributed by atoms with Crippen molar-refractivity contribution in [1.82, 2.24) is 4.90 Å². The van der Waals surface area contributed by atoms with Crippen molar-refractivity contribution in [2.45, 2.75) is 44.7 Å². The Labute approximate surface area is 109 Å². The van der Waals surface area contributed by atoms with Crippen molar-refractivity contribution in [3.05, 3.63) is 48.6 Å². The minimum atomic E-state index is 0.156. The normalized spacial score (nSPS) is 21.7. The molecular formula is C16H21NO. The van der Waals surface area contributed by atoms with Gasteiger partial charge in [0.05, 0.1) is 6.04 Å². The van der Waals surface area contributed by atoms with Crippen molar-refractivity contribution in [2.24, 2.45) is 0 Å². The van der Waals surface area contributed by atoms with Crippen molar-refractivity contribution >= 4 is 5.91 Å². The second-order valence-corrected chi connectivity index (χ2v) is 4.96. The van der Waals surface area contributed by atoms with E-state index in [1.165, 1.54) is 5.56 Å². The molecule has 0 bridgehead atoms. The Kier molecular flexibility index (Phi) is 4.19. The summed E-state index contributed by atoms with van der Waals surface area (Å²) in [6.45, 7) is 5.93. The maximum atomic E-state index is 12.2. The summed E-state index contributed by atoms with van der Waals surface area (Å²) in [7, 11) is 0. The van der Waals surface area contributed by atoms with E-state index in [-0.39, 0.29) is 11.9 Å². The minimum absolute atomic E-state index is 0.156. The zero-order valence-electron chi connectivity index (χ0n) is 11.0. The Bertz CT molecular complexity index is 412. The van der Waals surface area contributed by atoms with Gasteiger partial charge in [0.15, 0.2) is 0 Å². The van der Waals surface area contributed by atoms with E-state index in [9.17, 15) is 4.79 Å². The van der Waals surface area contributed by atoms with Crippen molar-refractivity contribution in [1.29, 1.82) is 0 Å². The lowest BCUT2D eigenvalue weighted by Gasteiger charge is -2.40. The van der Waals surface area contributed by atoms with Crippen LogP contribution in [0.25, 0.3) is 0 Å². The number of hydrogen-bond acceptors (Lipinski definition) is 1. The fourth-order valence-electron chi connectivity index (χ4n) is 2.81. The standard InChI is InChI=1S/C16H21NO/c1-3-8-15-11-7-12-16(18)17(15)13(2)14-9-5-4-6-10-14/h3-6,9-10,13,15H,1,7-8,11-12H2,2H3/t13-,15?/m0/s1. The third-order valence-electron chi connectivity index (χ3n) is 3.75. The van der Waals surface area contributed by atoms with Crippen molar-refractivity contribution in [3.63, 3.8) is 0 Å². The van der Waals surface area contributed by atoms with Crippen LogP contribution in [-0.2, 0) is 4.79 Å². The van der Waals surface area contributed by atoms with E-state index in [1.807, 2.05) is 24.3 Å². The molecule has 1 aliphatic rings. The minimum Gasteiger partial charge on any atom is -0.333 e. The van der Waals surface area contributed by atoms with Crippen LogP contribution < -0.4 is 0 Å². The average molecular weight is 243 g/mol. The molecule has 0 N–H and O–H groups in total. The maximum absolute atomic E-state index is 12.2. The molecule has 96 valence electrons. The summed E-state index contributed by atoms with van der Waals surface area (Å²) in [5.41, 5.74) is 1.21. The van der Waals surface area contributed by atoms with Crippen molar-refractivity contribution in [3.8, 4) is 0 Å². The number of rotatable bonds is 4. The van der Waals surface area contributed by atoms with Gasteiger partial charge in [-0.05, 0) is 31.7 Å². The van der Waals surface area contributed by atoms with E-state index in [0.717, 1.165) is 19.3 Å². The average Bonchev–Trinajstić information content (AvgIpc) is 2.40. The lowest BCUT2D eigenvalue weighted by atomic mass is 9.94. The van der Waals surface area contributed by atoms with Crippen molar-refractivity contribution in [2.75, 3.05) is 0 Å². The Morgan fingerprint density at radius 2 is 2.17 bits per heavy atom. The first-order valence-electron chi connectivity index (χ1n) is 6.71. The number of nitrogens with zero attached hydrogens (tertiary/aromatic N) is 1. The second-order valence-electron chi connectivity index (χ2n) is 4.96. The van der Waals surface area contributed by atoms with Crippen molar-refractivity contribution < 1.29 is 4.79 Å². The van der Waals surface area contributed by atoms with E-state index in [0.29, 0.717) is 12.5 Å². The van der Waals surface area contributed by atoms with Gasteiger partial charge in [-0.1, -0.05) is 36.4 Å². The Balaban J connectivity index is 2.21. The number of hydrogen-bond donors (Lipinski definition) is 0. The number of benzene rings is 1. The number of carbonyl (C=O) groups is 1. The molecule has 1 unspecified atom stereocenters. The zero-order valence-corrected chi connectivity index (χ0v) is 11.0. The van der Waals surface area contributed by atoms with Gasteiger partial charge >= 0.3 is 0 Å². The molecule has 1 aromatic carbocycles. The summed E-state index contributed by atoms with van der Waals surface area (Å²) in [6, 6.07) is 10.7. The largest absolute Gasteiger partial charge is 0.333 e. The molecule has 0 spiro atoms. The summed E-state index contributed by atoms with van der Waals surface area (Å²) in [5, 5.41) is 0. The van der Waals surface area contributed by atoms with Crippen LogP contribution in [0.1, 0.15) is 44.2 Å². The molecule has 0 aliphatic carbocycles. The van der Waals surface area contributed by atoms with Gasteiger partial charge in [-0.2, -0.15) is 0 Å². The van der Waals surface area contributed by atoms with E-state index in [4.69, 9.17) is 0 Å². The fourth-order valence-corrected chi connectivity index (χ4v) is 2.81. The van der Waals surface area contributed by atoms with Gasteiger partial charge in [0.25, 0.3) is 0 Å². The Morgan fingerprint density at radius 1 is 1.44 bits per heavy atom. The molecule has 2 rings (SSSR count). The predicted octanol–water partition coefficient (Wildman–Crippen LogP) is 3.70. The van der Waals surface area contributed by atoms with Crippen LogP contribution >= 0.6 is 0 Å². The molecule has 0 radical (unpaired) electrons. The van der Waals surface area contributed by atoms with Gasteiger partial charge in [-0.15, -0.1) is 6.58 Å². The molecule has 2 nitrogen and oxygen atoms in total. The number of piperidine rings is 1. The molecule has 1 aliphatic heterocycles. The highest BCUT2D eigenvalue weighted by atomic mass is 16.2. The van der Waals surface area contributed by atoms with Crippen LogP contribution in [0, 0.1) is 0 Å². The third-order valence-corrected chi connectivity index (χ3v) is 3.75. The molecule has 18 heavy (non-hydrogen) atoms. The predicted molar refractivity (Wildman–Crippen MR) is 74.2 cm³/mol. The number of likely N-dealkylation sites (tertiary alicyclic amines) is 1. The van der Waals surface area contributed by atoms with E-state index < -0.39 is 0 Å². The molecule has 2 atom stereocenters. The summed E-state index contributed by atoms with van der Waals surface area (Å²) in [6.07, 6.45) is 5.60. The number of carbonyl (C=O) groups excluding carboxylic acids is 1. The summed E-state index contributed by atoms with van der Waals surface area (Å²) >= 11 is 0. The van der Waals surface area contributed by atoms with Crippen LogP contribution in [-0.4, -0.2) is 16.8 Å². The quantitative estimate of drug-likeness (QED) is 0.738. The molecule has 1 aromatic rings. The first-order valence-corrected chi connectivity index (χ1v) is 6.71. The molecule has 1 amide bonds. The highest BCUT2D eigenvalue weighted by Crippen LogP contribution is 2.30. The summed E-state index contributed by atoms with van der Waals surface area (Å²) < 4.78 is 0. The van der Waals surface area contributed by atoms with Crippen LogP contribution in [0.2, 0.25) is 0 Å². The maximum Gasteiger partial charge on any atom is 0.223 e. The molecule has 2 heteroatoms. The van der Waals surface area contributed by atoms with Crippen LogP contribution in [0.4, 0.5) is 0 Å². The molecule has 1 saturated heterocycles. The first-order chi connectivity index (χ1) is 8.74. The smallest absolute Gasteiger partial charge is 0.223 e. The van der Waals surface area contributed by atoms with E-state index in [1.54, 1.807) is 0 Å². The molecule has 1 fully saturated rings. The van der Waals surface area contributed by atoms with Gasteiger partial charge in [-0.25, -0.2) is 0 Å². The van der Waals surface area contributed by atoms with Crippen LogP contribution in [0.15, 0.2) is 43.0 Å².